The number of nitrogens with zero attached hydrogens (tertiary/aromatic N) is 4. The highest BCUT2D eigenvalue weighted by atomic mass is 31.0. The Labute approximate surface area is 61.0 Å². The van der Waals surface area contributed by atoms with Crippen molar-refractivity contribution in [1.29, 1.82) is 0 Å². The van der Waals surface area contributed by atoms with Crippen LogP contribution in [0.25, 0.3) is 0 Å². The van der Waals surface area contributed by atoms with Crippen molar-refractivity contribution in [3.05, 3.63) is 5.82 Å². The van der Waals surface area contributed by atoms with E-state index in [1.807, 2.05) is 6.92 Å². The lowest BCUT2D eigenvalue weighted by Crippen LogP contribution is -2.05. The summed E-state index contributed by atoms with van der Waals surface area (Å²) in [7, 11) is 2.46. The predicted molar refractivity (Wildman–Crippen MR) is 38.2 cm³/mol. The van der Waals surface area contributed by atoms with Crippen molar-refractivity contribution in [3.8, 4) is 0 Å². The molecular formula is C4H9N4OP. The van der Waals surface area contributed by atoms with Gasteiger partial charge in [-0.3, -0.25) is 0 Å². The van der Waals surface area contributed by atoms with Crippen LogP contribution in [0.5, 0.6) is 0 Å². The molecule has 1 atom stereocenters. The van der Waals surface area contributed by atoms with E-state index in [0.717, 1.165) is 5.82 Å². The summed E-state index contributed by atoms with van der Waals surface area (Å²) in [4.78, 5) is 0. The molecule has 0 saturated heterocycles. The van der Waals surface area contributed by atoms with E-state index in [-0.39, 0.29) is 0 Å². The summed E-state index contributed by atoms with van der Waals surface area (Å²) >= 11 is 0. The van der Waals surface area contributed by atoms with Crippen molar-refractivity contribution >= 4 is 9.24 Å². The molecule has 0 aliphatic heterocycles. The molecule has 5 nitrogen and oxygen atoms in total. The Morgan fingerprint density at radius 3 is 3.00 bits per heavy atom. The molecule has 0 N–H and O–H groups in total. The van der Waals surface area contributed by atoms with Gasteiger partial charge in [0, 0.05) is 0 Å². The number of hydrogen-bond acceptors (Lipinski definition) is 4. The molecule has 6 heteroatoms. The highest BCUT2D eigenvalue weighted by molar-refractivity contribution is 7.16. The Bertz CT molecular complexity index is 201. The van der Waals surface area contributed by atoms with Crippen molar-refractivity contribution < 1.29 is 4.74 Å². The van der Waals surface area contributed by atoms with E-state index in [0.29, 0.717) is 13.1 Å². The van der Waals surface area contributed by atoms with Gasteiger partial charge in [-0.1, -0.05) is 0 Å². The highest BCUT2D eigenvalue weighted by Crippen LogP contribution is 1.90. The van der Waals surface area contributed by atoms with Gasteiger partial charge in [0.2, 0.25) is 0 Å². The minimum Gasteiger partial charge on any atom is -0.355 e. The summed E-state index contributed by atoms with van der Waals surface area (Å²) in [6.07, 6.45) is 0.597. The average Bonchev–Trinajstić information content (AvgIpc) is 2.31. The van der Waals surface area contributed by atoms with Crippen LogP contribution in [-0.4, -0.2) is 26.6 Å². The van der Waals surface area contributed by atoms with Crippen LogP contribution in [0, 0.1) is 6.92 Å². The molecule has 0 aliphatic rings. The third kappa shape index (κ3) is 1.72. The van der Waals surface area contributed by atoms with Crippen LogP contribution in [-0.2, 0) is 11.5 Å². The van der Waals surface area contributed by atoms with Crippen LogP contribution in [0.2, 0.25) is 0 Å². The van der Waals surface area contributed by atoms with Gasteiger partial charge in [-0.15, -0.1) is 14.3 Å². The molecule has 0 radical (unpaired) electrons. The van der Waals surface area contributed by atoms with Gasteiger partial charge in [0.1, 0.15) is 6.73 Å². The maximum atomic E-state index is 5.04. The summed E-state index contributed by atoms with van der Waals surface area (Å²) in [5.41, 5.74) is 0. The maximum absolute atomic E-state index is 5.04. The quantitative estimate of drug-likeness (QED) is 0.574. The Morgan fingerprint density at radius 2 is 2.50 bits per heavy atom. The minimum absolute atomic E-state index is 0.419. The van der Waals surface area contributed by atoms with Crippen molar-refractivity contribution in [3.63, 3.8) is 0 Å². The molecule has 56 valence electrons. The van der Waals surface area contributed by atoms with Crippen LogP contribution in [0.1, 0.15) is 5.82 Å². The van der Waals surface area contributed by atoms with Gasteiger partial charge >= 0.3 is 0 Å². The summed E-state index contributed by atoms with van der Waals surface area (Å²) in [5, 5.41) is 10.8. The Balaban J connectivity index is 2.49. The van der Waals surface area contributed by atoms with Crippen LogP contribution >= 0.6 is 9.24 Å². The van der Waals surface area contributed by atoms with E-state index in [9.17, 15) is 0 Å². The molecule has 1 rings (SSSR count). The molecule has 0 spiro atoms. The van der Waals surface area contributed by atoms with E-state index in [2.05, 4.69) is 24.8 Å². The molecule has 1 aromatic rings. The zero-order valence-corrected chi connectivity index (χ0v) is 6.84. The standard InChI is InChI=1S/C4H9N4OP/c1-4-5-6-7-8(4)2-9-3-10/h2-3,10H2,1H3. The predicted octanol–water partition coefficient (Wildman–Crippen LogP) is -0.212. The molecule has 0 amide bonds. The number of ether oxygens (including phenoxy) is 1. The fourth-order valence-electron chi connectivity index (χ4n) is 0.508. The van der Waals surface area contributed by atoms with Gasteiger partial charge in [-0.05, 0) is 17.4 Å². The fraction of sp³-hybridized carbons (Fsp3) is 0.750. The summed E-state index contributed by atoms with van der Waals surface area (Å²) in [6, 6.07) is 0. The third-order valence-corrected chi connectivity index (χ3v) is 1.28. The number of tetrazole rings is 1. The Hall–Kier alpha value is -0.540. The van der Waals surface area contributed by atoms with Gasteiger partial charge in [0.05, 0.1) is 6.35 Å². The second kappa shape index (κ2) is 3.58. The Morgan fingerprint density at radius 1 is 1.70 bits per heavy atom. The van der Waals surface area contributed by atoms with Crippen molar-refractivity contribution in [1.82, 2.24) is 20.2 Å². The van der Waals surface area contributed by atoms with E-state index < -0.39 is 0 Å². The SMILES string of the molecule is Cc1nnnn1COCP. The van der Waals surface area contributed by atoms with Gasteiger partial charge in [-0.25, -0.2) is 4.68 Å². The van der Waals surface area contributed by atoms with Gasteiger partial charge in [0.15, 0.2) is 5.82 Å². The van der Waals surface area contributed by atoms with Crippen molar-refractivity contribution in [2.45, 2.75) is 13.7 Å². The summed E-state index contributed by atoms with van der Waals surface area (Å²) in [6.45, 7) is 2.24. The lowest BCUT2D eigenvalue weighted by Gasteiger charge is -1.99. The molecule has 0 fully saturated rings. The third-order valence-electron chi connectivity index (χ3n) is 1.04. The van der Waals surface area contributed by atoms with E-state index in [1.165, 1.54) is 0 Å². The van der Waals surface area contributed by atoms with Gasteiger partial charge < -0.3 is 4.74 Å². The molecule has 0 aliphatic carbocycles. The zero-order valence-electron chi connectivity index (χ0n) is 5.69. The normalized spacial score (nSPS) is 10.2. The van der Waals surface area contributed by atoms with Crippen molar-refractivity contribution in [2.24, 2.45) is 0 Å². The molecule has 10 heavy (non-hydrogen) atoms. The molecule has 0 aromatic carbocycles. The average molecular weight is 160 g/mol. The van der Waals surface area contributed by atoms with Crippen LogP contribution in [0.4, 0.5) is 0 Å². The molecule has 1 heterocycles. The lowest BCUT2D eigenvalue weighted by molar-refractivity contribution is 0.104. The first kappa shape index (κ1) is 7.57. The smallest absolute Gasteiger partial charge is 0.150 e. The number of aryl methyl sites for hydroxylation is 1. The summed E-state index contributed by atoms with van der Waals surface area (Å²) in [5.74, 6) is 0.762. The van der Waals surface area contributed by atoms with Gasteiger partial charge in [-0.2, -0.15) is 0 Å². The van der Waals surface area contributed by atoms with E-state index in [1.54, 1.807) is 4.68 Å². The monoisotopic (exact) mass is 160 g/mol. The van der Waals surface area contributed by atoms with Crippen LogP contribution in [0.3, 0.4) is 0 Å². The number of aromatic nitrogens is 4. The first-order valence-electron chi connectivity index (χ1n) is 2.85. The molecule has 1 aromatic heterocycles. The molecule has 0 saturated carbocycles. The van der Waals surface area contributed by atoms with Crippen LogP contribution < -0.4 is 0 Å². The lowest BCUT2D eigenvalue weighted by atomic mass is 10.7. The number of rotatable bonds is 3. The second-order valence-corrected chi connectivity index (χ2v) is 2.06. The minimum atomic E-state index is 0.419. The zero-order chi connectivity index (χ0) is 7.40. The molecular weight excluding hydrogens is 151 g/mol. The molecule has 0 bridgehead atoms. The first-order valence-corrected chi connectivity index (χ1v) is 3.67. The Kier molecular flexibility index (Phi) is 2.71. The topological polar surface area (TPSA) is 52.8 Å². The van der Waals surface area contributed by atoms with E-state index in [4.69, 9.17) is 4.74 Å². The maximum Gasteiger partial charge on any atom is 0.150 e. The van der Waals surface area contributed by atoms with Gasteiger partial charge in [0.25, 0.3) is 0 Å². The number of hydrogen-bond donors (Lipinski definition) is 0. The second-order valence-electron chi connectivity index (χ2n) is 1.73. The first-order chi connectivity index (χ1) is 4.84. The van der Waals surface area contributed by atoms with Crippen molar-refractivity contribution in [2.75, 3.05) is 6.35 Å². The molecule has 1 unspecified atom stereocenters. The van der Waals surface area contributed by atoms with E-state index >= 15 is 0 Å². The van der Waals surface area contributed by atoms with Crippen LogP contribution in [0.15, 0.2) is 0 Å². The highest BCUT2D eigenvalue weighted by Gasteiger charge is 1.96. The fourth-order valence-corrected chi connectivity index (χ4v) is 0.613. The summed E-state index contributed by atoms with van der Waals surface area (Å²) < 4.78 is 6.63. The largest absolute Gasteiger partial charge is 0.355 e.